The Morgan fingerprint density at radius 1 is 0.364 bits per heavy atom. The first kappa shape index (κ1) is 42.9. The predicted molar refractivity (Wildman–Crippen MR) is 312 cm³/mol. The molecule has 0 amide bonds. The number of hydrogen-bond acceptors (Lipinski definition) is 5. The first-order valence-electron chi connectivity index (χ1n) is 25.8. The van der Waals surface area contributed by atoms with Crippen LogP contribution in [-0.4, -0.2) is 9.13 Å². The van der Waals surface area contributed by atoms with Gasteiger partial charge < -0.3 is 22.4 Å². The van der Waals surface area contributed by atoms with Crippen molar-refractivity contribution in [2.24, 2.45) is 0 Å². The molecule has 0 N–H and O–H groups in total. The number of hydrogen-bond donors (Lipinski definition) is 0. The SMILES string of the molecule is Cc1ccccc1-c1ccc2c(c1C)c1cc(-c3ccc4oc5ccccc5c4c3)ccc1n2-c1c(C#N)cc(C#N)cc1-n1c2ccc(-c3ccc4oc5ccccc5c4c3)cc2c2c3oc4ccccc4c3ccc21. The molecular formula is C70H40N4O3. The fourth-order valence-electron chi connectivity index (χ4n) is 12.6. The van der Waals surface area contributed by atoms with Crippen LogP contribution in [-0.2, 0) is 0 Å². The van der Waals surface area contributed by atoms with Crippen LogP contribution in [0.5, 0.6) is 0 Å². The van der Waals surface area contributed by atoms with Gasteiger partial charge in [0, 0.05) is 48.5 Å². The maximum absolute atomic E-state index is 11.4. The van der Waals surface area contributed by atoms with Crippen LogP contribution in [0.4, 0.5) is 0 Å². The first-order valence-corrected chi connectivity index (χ1v) is 25.8. The molecule has 5 aromatic heterocycles. The van der Waals surface area contributed by atoms with Crippen LogP contribution in [0.1, 0.15) is 22.3 Å². The highest BCUT2D eigenvalue weighted by atomic mass is 16.3. The molecule has 77 heavy (non-hydrogen) atoms. The molecule has 5 heterocycles. The van der Waals surface area contributed by atoms with Gasteiger partial charge in [-0.1, -0.05) is 109 Å². The van der Waals surface area contributed by atoms with Gasteiger partial charge in [0.2, 0.25) is 0 Å². The largest absolute Gasteiger partial charge is 0.456 e. The number of furan rings is 3. The zero-order valence-corrected chi connectivity index (χ0v) is 41.6. The van der Waals surface area contributed by atoms with Crippen LogP contribution in [0.25, 0.3) is 154 Å². The fraction of sp³-hybridized carbons (Fsp3) is 0.0286. The number of nitrogens with zero attached hydrogens (tertiary/aromatic N) is 4. The summed E-state index contributed by atoms with van der Waals surface area (Å²) in [6, 6.07) is 76.5. The first-order chi connectivity index (χ1) is 37.9. The number of fused-ring (bicyclic) bond motifs is 16. The second-order valence-corrected chi connectivity index (χ2v) is 20.2. The third-order valence-corrected chi connectivity index (χ3v) is 16.1. The van der Waals surface area contributed by atoms with Gasteiger partial charge in [-0.2, -0.15) is 10.5 Å². The van der Waals surface area contributed by atoms with Gasteiger partial charge in [-0.15, -0.1) is 0 Å². The second-order valence-electron chi connectivity index (χ2n) is 20.2. The summed E-state index contributed by atoms with van der Waals surface area (Å²) < 4.78 is 23.9. The Morgan fingerprint density at radius 2 is 0.857 bits per heavy atom. The lowest BCUT2D eigenvalue weighted by Gasteiger charge is -2.19. The molecule has 0 unspecified atom stereocenters. The van der Waals surface area contributed by atoms with Gasteiger partial charge in [-0.25, -0.2) is 0 Å². The molecule has 0 saturated carbocycles. The highest BCUT2D eigenvalue weighted by Crippen LogP contribution is 2.47. The van der Waals surface area contributed by atoms with Crippen molar-refractivity contribution in [3.05, 3.63) is 229 Å². The van der Waals surface area contributed by atoms with Crippen molar-refractivity contribution in [3.8, 4) is 56.9 Å². The van der Waals surface area contributed by atoms with Gasteiger partial charge in [0.15, 0.2) is 0 Å². The van der Waals surface area contributed by atoms with E-state index in [0.29, 0.717) is 22.5 Å². The number of para-hydroxylation sites is 3. The lowest BCUT2D eigenvalue weighted by atomic mass is 9.93. The number of nitriles is 2. The van der Waals surface area contributed by atoms with E-state index < -0.39 is 0 Å². The molecule has 16 rings (SSSR count). The molecule has 0 aliphatic heterocycles. The summed E-state index contributed by atoms with van der Waals surface area (Å²) in [6.45, 7) is 4.37. The Balaban J connectivity index is 0.999. The third-order valence-electron chi connectivity index (χ3n) is 16.1. The molecule has 0 atom stereocenters. The summed E-state index contributed by atoms with van der Waals surface area (Å²) in [7, 11) is 0. The monoisotopic (exact) mass is 984 g/mol. The van der Waals surface area contributed by atoms with Crippen molar-refractivity contribution in [3.63, 3.8) is 0 Å². The van der Waals surface area contributed by atoms with Gasteiger partial charge in [0.1, 0.15) is 39.6 Å². The molecule has 358 valence electrons. The quantitative estimate of drug-likeness (QED) is 0.171. The van der Waals surface area contributed by atoms with E-state index in [-0.39, 0.29) is 0 Å². The predicted octanol–water partition coefficient (Wildman–Crippen LogP) is 18.9. The van der Waals surface area contributed by atoms with Crippen molar-refractivity contribution < 1.29 is 13.3 Å². The summed E-state index contributed by atoms with van der Waals surface area (Å²) in [5.74, 6) is 0. The molecule has 0 bridgehead atoms. The third kappa shape index (κ3) is 6.11. The van der Waals surface area contributed by atoms with Crippen LogP contribution >= 0.6 is 0 Å². The van der Waals surface area contributed by atoms with E-state index in [1.807, 2.05) is 60.7 Å². The van der Waals surface area contributed by atoms with Gasteiger partial charge in [0.25, 0.3) is 0 Å². The van der Waals surface area contributed by atoms with E-state index in [2.05, 4.69) is 175 Å². The van der Waals surface area contributed by atoms with Crippen molar-refractivity contribution in [2.45, 2.75) is 13.8 Å². The molecule has 11 aromatic carbocycles. The minimum atomic E-state index is 0.372. The van der Waals surface area contributed by atoms with Crippen LogP contribution in [0.15, 0.2) is 220 Å². The Bertz CT molecular complexity index is 5350. The van der Waals surface area contributed by atoms with Gasteiger partial charge in [0.05, 0.1) is 56.0 Å². The Hall–Kier alpha value is -10.6. The highest BCUT2D eigenvalue weighted by molar-refractivity contribution is 6.25. The average molecular weight is 985 g/mol. The molecule has 0 fully saturated rings. The summed E-state index contributed by atoms with van der Waals surface area (Å²) in [5.41, 5.74) is 19.5. The summed E-state index contributed by atoms with van der Waals surface area (Å²) in [4.78, 5) is 0. The van der Waals surface area contributed by atoms with Crippen LogP contribution in [0.3, 0.4) is 0 Å². The maximum atomic E-state index is 11.4. The van der Waals surface area contributed by atoms with Crippen LogP contribution in [0, 0.1) is 36.5 Å². The topological polar surface area (TPSA) is 96.9 Å². The summed E-state index contributed by atoms with van der Waals surface area (Å²) in [6.07, 6.45) is 0. The Kier molecular flexibility index (Phi) is 8.88. The zero-order valence-electron chi connectivity index (χ0n) is 41.6. The number of benzene rings is 11. The maximum Gasteiger partial charge on any atom is 0.145 e. The van der Waals surface area contributed by atoms with Crippen molar-refractivity contribution in [2.75, 3.05) is 0 Å². The van der Waals surface area contributed by atoms with E-state index in [9.17, 15) is 10.5 Å². The molecule has 16 aromatic rings. The molecule has 7 nitrogen and oxygen atoms in total. The smallest absolute Gasteiger partial charge is 0.145 e. The lowest BCUT2D eigenvalue weighted by molar-refractivity contribution is 0.668. The van der Waals surface area contributed by atoms with E-state index >= 15 is 0 Å². The van der Waals surface area contributed by atoms with Gasteiger partial charge in [-0.05, 0) is 155 Å². The normalized spacial score (nSPS) is 12.0. The van der Waals surface area contributed by atoms with Crippen molar-refractivity contribution in [1.82, 2.24) is 9.13 Å². The fourth-order valence-corrected chi connectivity index (χ4v) is 12.6. The Morgan fingerprint density at radius 3 is 1.48 bits per heavy atom. The minimum Gasteiger partial charge on any atom is -0.456 e. The number of aryl methyl sites for hydroxylation is 2. The molecule has 0 aliphatic rings. The zero-order chi connectivity index (χ0) is 51.2. The lowest BCUT2D eigenvalue weighted by Crippen LogP contribution is -2.07. The highest BCUT2D eigenvalue weighted by Gasteiger charge is 2.27. The van der Waals surface area contributed by atoms with E-state index in [1.54, 1.807) is 6.07 Å². The van der Waals surface area contributed by atoms with Crippen molar-refractivity contribution in [1.29, 1.82) is 10.5 Å². The van der Waals surface area contributed by atoms with E-state index in [4.69, 9.17) is 13.3 Å². The van der Waals surface area contributed by atoms with Crippen LogP contribution < -0.4 is 0 Å². The standard InChI is InChI=1S/C70H40N4O3/c1-39-11-3-4-12-47(39)48-23-27-59-67(40(48)2)55-35-42(44-21-29-65-53(33-44)50-14-6-8-16-62(50)75-65)20-26-58(55)74(59)69-46(38-72)31-41(37-71)32-61(69)73-57-25-19-43(45-22-30-66-54(34-45)51-15-7-9-17-63(51)76-66)36-56(57)68-60(73)28-24-52-49-13-5-10-18-64(49)77-70(52)68/h3-36H,1-2H3. The Labute approximate surface area is 439 Å². The number of aromatic nitrogens is 2. The second kappa shape index (κ2) is 16.0. The summed E-state index contributed by atoms with van der Waals surface area (Å²) in [5, 5.41) is 32.6. The molecule has 0 radical (unpaired) electrons. The average Bonchev–Trinajstić information content (AvgIpc) is 4.44. The molecular weight excluding hydrogens is 945 g/mol. The van der Waals surface area contributed by atoms with Gasteiger partial charge in [-0.3, -0.25) is 0 Å². The summed E-state index contributed by atoms with van der Waals surface area (Å²) >= 11 is 0. The molecule has 0 aliphatic carbocycles. The van der Waals surface area contributed by atoms with Gasteiger partial charge >= 0.3 is 0 Å². The number of rotatable bonds is 5. The van der Waals surface area contributed by atoms with Crippen molar-refractivity contribution >= 4 is 109 Å². The molecule has 7 heteroatoms. The molecule has 0 saturated heterocycles. The van der Waals surface area contributed by atoms with E-state index in [1.165, 1.54) is 5.56 Å². The molecule has 0 spiro atoms. The van der Waals surface area contributed by atoms with Crippen LogP contribution in [0.2, 0.25) is 0 Å². The minimum absolute atomic E-state index is 0.372. The van der Waals surface area contributed by atoms with E-state index in [0.717, 1.165) is 148 Å².